The highest BCUT2D eigenvalue weighted by Gasteiger charge is 1.98. The molecule has 0 spiro atoms. The molecule has 1 N–H and O–H groups in total. The Morgan fingerprint density at radius 1 is 0.556 bits per heavy atom. The fraction of sp³-hybridized carbons (Fsp3) is 0.913. The molecule has 0 aliphatic rings. The van der Waals surface area contributed by atoms with Gasteiger partial charge in [-0.2, -0.15) is 8.42 Å². The summed E-state index contributed by atoms with van der Waals surface area (Å²) in [4.78, 5) is 0. The lowest BCUT2D eigenvalue weighted by Gasteiger charge is -2.03. The maximum atomic E-state index is 10.5. The summed E-state index contributed by atoms with van der Waals surface area (Å²) in [5, 5.41) is 0. The minimum absolute atomic E-state index is 0.258. The van der Waals surface area contributed by atoms with Crippen LogP contribution < -0.4 is 0 Å². The van der Waals surface area contributed by atoms with Gasteiger partial charge in [0.25, 0.3) is 10.1 Å². The monoisotopic (exact) mass is 402 g/mol. The van der Waals surface area contributed by atoms with Gasteiger partial charge in [0, 0.05) is 0 Å². The number of hydrogen-bond donors (Lipinski definition) is 1. The fourth-order valence-electron chi connectivity index (χ4n) is 3.47. The van der Waals surface area contributed by atoms with E-state index in [2.05, 4.69) is 6.92 Å². The van der Waals surface area contributed by atoms with E-state index in [4.69, 9.17) is 4.55 Å². The van der Waals surface area contributed by atoms with Gasteiger partial charge in [-0.1, -0.05) is 128 Å². The smallest absolute Gasteiger partial charge is 0.268 e. The molecule has 0 radical (unpaired) electrons. The van der Waals surface area contributed by atoms with Gasteiger partial charge in [0.05, 0.1) is 5.75 Å². The van der Waals surface area contributed by atoms with Gasteiger partial charge in [0.2, 0.25) is 0 Å². The van der Waals surface area contributed by atoms with Crippen LogP contribution in [-0.2, 0) is 10.1 Å². The number of unbranched alkanes of at least 4 members (excludes halogenated alkanes) is 18. The minimum Gasteiger partial charge on any atom is -0.285 e. The molecule has 0 aromatic carbocycles. The third-order valence-electron chi connectivity index (χ3n) is 5.20. The van der Waals surface area contributed by atoms with E-state index in [9.17, 15) is 8.42 Å². The van der Waals surface area contributed by atoms with Crippen molar-refractivity contribution in [3.05, 3.63) is 12.2 Å². The summed E-state index contributed by atoms with van der Waals surface area (Å²) < 4.78 is 29.7. The molecule has 3 nitrogen and oxygen atoms in total. The highest BCUT2D eigenvalue weighted by Crippen LogP contribution is 2.14. The third-order valence-corrected chi connectivity index (χ3v) is 5.81. The molecule has 27 heavy (non-hydrogen) atoms. The summed E-state index contributed by atoms with van der Waals surface area (Å²) in [6.45, 7) is 2.28. The zero-order valence-corrected chi connectivity index (χ0v) is 18.8. The molecule has 0 fully saturated rings. The van der Waals surface area contributed by atoms with Crippen molar-refractivity contribution in [1.82, 2.24) is 0 Å². The van der Waals surface area contributed by atoms with Gasteiger partial charge in [0.15, 0.2) is 0 Å². The third kappa shape index (κ3) is 25.7. The zero-order chi connectivity index (χ0) is 20.1. The number of allylic oxidation sites excluding steroid dienone is 1. The summed E-state index contributed by atoms with van der Waals surface area (Å²) in [6.07, 6.45) is 29.1. The van der Waals surface area contributed by atoms with Crippen LogP contribution in [-0.4, -0.2) is 18.7 Å². The predicted octanol–water partition coefficient (Wildman–Crippen LogP) is 7.86. The lowest BCUT2D eigenvalue weighted by molar-refractivity contribution is 0.486. The largest absolute Gasteiger partial charge is 0.285 e. The van der Waals surface area contributed by atoms with Crippen LogP contribution in [0.15, 0.2) is 12.2 Å². The Hall–Kier alpha value is -0.350. The molecule has 0 aromatic heterocycles. The van der Waals surface area contributed by atoms with E-state index in [0.717, 1.165) is 12.8 Å². The first-order valence-corrected chi connectivity index (χ1v) is 13.3. The molecule has 0 aromatic rings. The van der Waals surface area contributed by atoms with E-state index in [1.807, 2.05) is 6.08 Å². The summed E-state index contributed by atoms with van der Waals surface area (Å²) >= 11 is 0. The van der Waals surface area contributed by atoms with Crippen LogP contribution >= 0.6 is 0 Å². The Morgan fingerprint density at radius 2 is 0.889 bits per heavy atom. The van der Waals surface area contributed by atoms with E-state index in [1.165, 1.54) is 109 Å². The van der Waals surface area contributed by atoms with Crippen molar-refractivity contribution in [1.29, 1.82) is 0 Å². The van der Waals surface area contributed by atoms with Crippen LogP contribution in [0, 0.1) is 0 Å². The van der Waals surface area contributed by atoms with Crippen molar-refractivity contribution in [2.75, 3.05) is 5.75 Å². The van der Waals surface area contributed by atoms with E-state index >= 15 is 0 Å². The highest BCUT2D eigenvalue weighted by atomic mass is 32.2. The Morgan fingerprint density at radius 3 is 1.22 bits per heavy atom. The summed E-state index contributed by atoms with van der Waals surface area (Å²) in [5.41, 5.74) is 0. The first kappa shape index (κ1) is 26.6. The average Bonchev–Trinajstić information content (AvgIpc) is 2.62. The molecule has 0 rings (SSSR count). The Bertz CT molecular complexity index is 415. The molecule has 0 amide bonds. The van der Waals surface area contributed by atoms with E-state index in [1.54, 1.807) is 6.08 Å². The molecular weight excluding hydrogens is 356 g/mol. The zero-order valence-electron chi connectivity index (χ0n) is 18.0. The van der Waals surface area contributed by atoms with Gasteiger partial charge in [-0.15, -0.1) is 0 Å². The molecule has 4 heteroatoms. The van der Waals surface area contributed by atoms with Crippen LogP contribution in [0.2, 0.25) is 0 Å². The van der Waals surface area contributed by atoms with E-state index in [0.29, 0.717) is 0 Å². The van der Waals surface area contributed by atoms with Gasteiger partial charge >= 0.3 is 0 Å². The second kappa shape index (κ2) is 20.4. The van der Waals surface area contributed by atoms with Crippen molar-refractivity contribution in [3.63, 3.8) is 0 Å². The molecule has 0 bridgehead atoms. The SMILES string of the molecule is CCCCCCCCCCCCCCCCCCCC/C=C/CS(=O)(=O)O. The first-order chi connectivity index (χ1) is 13.1. The fourth-order valence-corrected chi connectivity index (χ4v) is 3.85. The summed E-state index contributed by atoms with van der Waals surface area (Å²) in [7, 11) is -3.84. The second-order valence-corrected chi connectivity index (χ2v) is 9.52. The predicted molar refractivity (Wildman–Crippen MR) is 119 cm³/mol. The van der Waals surface area contributed by atoms with Crippen LogP contribution in [0.1, 0.15) is 129 Å². The second-order valence-electron chi connectivity index (χ2n) is 8.02. The van der Waals surface area contributed by atoms with Crippen LogP contribution in [0.3, 0.4) is 0 Å². The lowest BCUT2D eigenvalue weighted by Crippen LogP contribution is -1.99. The lowest BCUT2D eigenvalue weighted by atomic mass is 10.0. The molecule has 0 aliphatic carbocycles. The first-order valence-electron chi connectivity index (χ1n) is 11.7. The topological polar surface area (TPSA) is 54.4 Å². The maximum absolute atomic E-state index is 10.5. The van der Waals surface area contributed by atoms with Gasteiger partial charge < -0.3 is 0 Å². The Labute approximate surface area is 170 Å². The van der Waals surface area contributed by atoms with Crippen molar-refractivity contribution in [2.45, 2.75) is 129 Å². The van der Waals surface area contributed by atoms with E-state index < -0.39 is 10.1 Å². The quantitative estimate of drug-likeness (QED) is 0.121. The van der Waals surface area contributed by atoms with Crippen molar-refractivity contribution in [3.8, 4) is 0 Å². The molecule has 0 atom stereocenters. The van der Waals surface area contributed by atoms with Crippen LogP contribution in [0.25, 0.3) is 0 Å². The highest BCUT2D eigenvalue weighted by molar-refractivity contribution is 7.85. The van der Waals surface area contributed by atoms with Crippen molar-refractivity contribution in [2.24, 2.45) is 0 Å². The van der Waals surface area contributed by atoms with Crippen molar-refractivity contribution >= 4 is 10.1 Å². The Balaban J connectivity index is 3.09. The molecule has 162 valence electrons. The molecule has 0 saturated carbocycles. The van der Waals surface area contributed by atoms with Gasteiger partial charge in [-0.3, -0.25) is 4.55 Å². The molecular formula is C23H46O3S. The minimum atomic E-state index is -3.84. The van der Waals surface area contributed by atoms with Crippen molar-refractivity contribution < 1.29 is 13.0 Å². The summed E-state index contributed by atoms with van der Waals surface area (Å²) in [6, 6.07) is 0. The van der Waals surface area contributed by atoms with Gasteiger partial charge in [0.1, 0.15) is 0 Å². The molecule has 0 unspecified atom stereocenters. The maximum Gasteiger partial charge on any atom is 0.268 e. The normalized spacial score (nSPS) is 12.2. The van der Waals surface area contributed by atoms with Crippen LogP contribution in [0.4, 0.5) is 0 Å². The summed E-state index contributed by atoms with van der Waals surface area (Å²) in [5.74, 6) is -0.258. The number of hydrogen-bond acceptors (Lipinski definition) is 2. The van der Waals surface area contributed by atoms with Crippen LogP contribution in [0.5, 0.6) is 0 Å². The van der Waals surface area contributed by atoms with E-state index in [-0.39, 0.29) is 5.75 Å². The average molecular weight is 403 g/mol. The molecule has 0 heterocycles. The van der Waals surface area contributed by atoms with Gasteiger partial charge in [-0.05, 0) is 12.8 Å². The molecule has 0 aliphatic heterocycles. The number of rotatable bonds is 21. The Kier molecular flexibility index (Phi) is 20.1. The standard InChI is InChI=1S/C23H46O3S/c1-2-3-4-5-6-7-8-9-10-11-12-13-14-15-16-17-18-19-20-21-22-23-27(24,25)26/h21-22H,2-20,23H2,1H3,(H,24,25,26)/b22-21+. The molecule has 0 saturated heterocycles. The van der Waals surface area contributed by atoms with Gasteiger partial charge in [-0.25, -0.2) is 0 Å².